The van der Waals surface area contributed by atoms with E-state index in [9.17, 15) is 22.0 Å². The van der Waals surface area contributed by atoms with Crippen LogP contribution in [-0.2, 0) is 6.18 Å². The molecule has 0 saturated heterocycles. The van der Waals surface area contributed by atoms with Gasteiger partial charge in [-0.15, -0.1) is 0 Å². The third-order valence-corrected chi connectivity index (χ3v) is 5.38. The Balaban J connectivity index is 2.02. The van der Waals surface area contributed by atoms with Gasteiger partial charge in [-0.1, -0.05) is 54.6 Å². The maximum absolute atomic E-state index is 14.7. The van der Waals surface area contributed by atoms with E-state index in [-0.39, 0.29) is 11.3 Å². The summed E-state index contributed by atoms with van der Waals surface area (Å²) in [6.07, 6.45) is -4.74. The van der Waals surface area contributed by atoms with Crippen LogP contribution in [-0.4, -0.2) is 4.57 Å². The van der Waals surface area contributed by atoms with Gasteiger partial charge in [0.25, 0.3) is 0 Å². The second-order valence-corrected chi connectivity index (χ2v) is 7.17. The van der Waals surface area contributed by atoms with E-state index in [1.54, 1.807) is 36.4 Å². The smallest absolute Gasteiger partial charge is 0.308 e. The van der Waals surface area contributed by atoms with Crippen LogP contribution in [0.3, 0.4) is 0 Å². The zero-order chi connectivity index (χ0) is 21.8. The van der Waals surface area contributed by atoms with Crippen molar-refractivity contribution in [3.05, 3.63) is 102 Å². The minimum Gasteiger partial charge on any atom is -0.308 e. The van der Waals surface area contributed by atoms with Crippen molar-refractivity contribution in [2.24, 2.45) is 0 Å². The molecule has 0 amide bonds. The molecule has 0 unspecified atom stereocenters. The van der Waals surface area contributed by atoms with Gasteiger partial charge in [0.1, 0.15) is 11.6 Å². The number of para-hydroxylation sites is 3. The Hall–Kier alpha value is -3.67. The molecule has 0 spiro atoms. The topological polar surface area (TPSA) is 4.93 Å². The summed E-state index contributed by atoms with van der Waals surface area (Å²) in [6.45, 7) is 0. The largest absolute Gasteiger partial charge is 0.418 e. The number of fused-ring (bicyclic) bond motifs is 3. The maximum atomic E-state index is 14.7. The highest BCUT2D eigenvalue weighted by atomic mass is 19.4. The van der Waals surface area contributed by atoms with Crippen molar-refractivity contribution in [2.75, 3.05) is 0 Å². The van der Waals surface area contributed by atoms with E-state index in [2.05, 4.69) is 0 Å². The van der Waals surface area contributed by atoms with Crippen LogP contribution in [0, 0.1) is 11.6 Å². The third kappa shape index (κ3) is 2.98. The lowest BCUT2D eigenvalue weighted by molar-refractivity contribution is -0.137. The van der Waals surface area contributed by atoms with E-state index in [4.69, 9.17) is 0 Å². The Morgan fingerprint density at radius 3 is 1.65 bits per heavy atom. The van der Waals surface area contributed by atoms with E-state index in [1.165, 1.54) is 22.8 Å². The Bertz CT molecular complexity index is 1370. The molecule has 1 aromatic heterocycles. The zero-order valence-corrected chi connectivity index (χ0v) is 15.9. The number of nitrogens with zero attached hydrogens (tertiary/aromatic N) is 1. The number of benzene rings is 4. The van der Waals surface area contributed by atoms with Gasteiger partial charge < -0.3 is 4.57 Å². The van der Waals surface area contributed by atoms with Crippen LogP contribution in [0.2, 0.25) is 0 Å². The summed E-state index contributed by atoms with van der Waals surface area (Å²) in [5.41, 5.74) is -0.922. The minimum atomic E-state index is -4.74. The molecular weight excluding hydrogens is 409 g/mol. The Morgan fingerprint density at radius 2 is 1.10 bits per heavy atom. The molecule has 1 nitrogen and oxygen atoms in total. The van der Waals surface area contributed by atoms with Crippen LogP contribution in [0.25, 0.3) is 38.6 Å². The first-order valence-electron chi connectivity index (χ1n) is 9.51. The highest BCUT2D eigenvalue weighted by molar-refractivity contribution is 6.09. The molecule has 0 saturated carbocycles. The molecule has 0 aliphatic rings. The molecule has 0 aliphatic heterocycles. The van der Waals surface area contributed by atoms with Gasteiger partial charge in [0.15, 0.2) is 0 Å². The molecule has 1 heterocycles. The van der Waals surface area contributed by atoms with Crippen molar-refractivity contribution in [2.45, 2.75) is 6.18 Å². The van der Waals surface area contributed by atoms with Gasteiger partial charge in [-0.3, -0.25) is 0 Å². The van der Waals surface area contributed by atoms with Crippen molar-refractivity contribution >= 4 is 21.8 Å². The summed E-state index contributed by atoms with van der Waals surface area (Å²) in [7, 11) is 0. The van der Waals surface area contributed by atoms with Crippen molar-refractivity contribution in [1.82, 2.24) is 4.57 Å². The lowest BCUT2D eigenvalue weighted by atomic mass is 9.98. The standard InChI is InChI=1S/C25H14F5N/c26-19-11-6-12-20(27)23(19)17-9-5-10-18(25(28,29)30)24(17)31-21-13-3-1-7-15(21)16-8-2-4-14-22(16)31/h1-14H. The predicted molar refractivity (Wildman–Crippen MR) is 111 cm³/mol. The van der Waals surface area contributed by atoms with E-state index in [0.29, 0.717) is 11.0 Å². The highest BCUT2D eigenvalue weighted by Crippen LogP contribution is 2.43. The van der Waals surface area contributed by atoms with Crippen molar-refractivity contribution in [3.8, 4) is 16.8 Å². The molecule has 0 aliphatic carbocycles. The van der Waals surface area contributed by atoms with Gasteiger partial charge in [-0.25, -0.2) is 8.78 Å². The Kier molecular flexibility index (Phi) is 4.32. The fraction of sp³-hybridized carbons (Fsp3) is 0.0400. The van der Waals surface area contributed by atoms with E-state index in [0.717, 1.165) is 29.0 Å². The zero-order valence-electron chi connectivity index (χ0n) is 15.9. The monoisotopic (exact) mass is 423 g/mol. The maximum Gasteiger partial charge on any atom is 0.418 e. The first-order chi connectivity index (χ1) is 14.9. The summed E-state index contributed by atoms with van der Waals surface area (Å²) in [5.74, 6) is -1.86. The van der Waals surface area contributed by atoms with Gasteiger partial charge in [0, 0.05) is 16.3 Å². The van der Waals surface area contributed by atoms with E-state index < -0.39 is 28.9 Å². The third-order valence-electron chi connectivity index (χ3n) is 5.38. The lowest BCUT2D eigenvalue weighted by Gasteiger charge is -2.20. The molecule has 5 rings (SSSR count). The second-order valence-electron chi connectivity index (χ2n) is 7.17. The molecule has 0 radical (unpaired) electrons. The average Bonchev–Trinajstić information content (AvgIpc) is 3.07. The first-order valence-corrected chi connectivity index (χ1v) is 9.51. The van der Waals surface area contributed by atoms with Crippen LogP contribution in [0.1, 0.15) is 5.56 Å². The molecule has 0 atom stereocenters. The molecule has 5 aromatic rings. The van der Waals surface area contributed by atoms with Gasteiger partial charge >= 0.3 is 6.18 Å². The number of halogens is 5. The number of alkyl halides is 3. The first kappa shape index (κ1) is 19.3. The van der Waals surface area contributed by atoms with Crippen LogP contribution < -0.4 is 0 Å². The van der Waals surface area contributed by atoms with Gasteiger partial charge in [-0.05, 0) is 30.3 Å². The Morgan fingerprint density at radius 1 is 0.581 bits per heavy atom. The van der Waals surface area contributed by atoms with Crippen LogP contribution in [0.4, 0.5) is 22.0 Å². The lowest BCUT2D eigenvalue weighted by Crippen LogP contribution is -2.12. The summed E-state index contributed by atoms with van der Waals surface area (Å²) in [4.78, 5) is 0. The molecule has 0 N–H and O–H groups in total. The molecule has 0 bridgehead atoms. The second kappa shape index (κ2) is 6.94. The number of aromatic nitrogens is 1. The van der Waals surface area contributed by atoms with Gasteiger partial charge in [0.05, 0.1) is 27.8 Å². The van der Waals surface area contributed by atoms with Gasteiger partial charge in [0.2, 0.25) is 0 Å². The number of hydrogen-bond donors (Lipinski definition) is 0. The van der Waals surface area contributed by atoms with Crippen molar-refractivity contribution in [3.63, 3.8) is 0 Å². The molecule has 154 valence electrons. The fourth-order valence-corrected chi connectivity index (χ4v) is 4.13. The molecule has 31 heavy (non-hydrogen) atoms. The quantitative estimate of drug-likeness (QED) is 0.256. The van der Waals surface area contributed by atoms with Crippen LogP contribution in [0.15, 0.2) is 84.9 Å². The predicted octanol–water partition coefficient (Wildman–Crippen LogP) is 7.75. The molecule has 0 fully saturated rings. The van der Waals surface area contributed by atoms with Crippen LogP contribution >= 0.6 is 0 Å². The highest BCUT2D eigenvalue weighted by Gasteiger charge is 2.36. The normalized spacial score (nSPS) is 12.0. The van der Waals surface area contributed by atoms with E-state index in [1.807, 2.05) is 12.1 Å². The summed E-state index contributed by atoms with van der Waals surface area (Å²) in [6, 6.07) is 20.7. The SMILES string of the molecule is Fc1cccc(F)c1-c1cccc(C(F)(F)F)c1-n1c2ccccc2c2ccccc21. The molecule has 4 aromatic carbocycles. The average molecular weight is 423 g/mol. The van der Waals surface area contributed by atoms with Crippen molar-refractivity contribution < 1.29 is 22.0 Å². The fourth-order valence-electron chi connectivity index (χ4n) is 4.13. The number of rotatable bonds is 2. The van der Waals surface area contributed by atoms with E-state index >= 15 is 0 Å². The summed E-state index contributed by atoms with van der Waals surface area (Å²) in [5, 5.41) is 1.49. The Labute approximate surface area is 174 Å². The van der Waals surface area contributed by atoms with Crippen molar-refractivity contribution in [1.29, 1.82) is 0 Å². The summed E-state index contributed by atoms with van der Waals surface area (Å²) >= 11 is 0. The van der Waals surface area contributed by atoms with Gasteiger partial charge in [-0.2, -0.15) is 13.2 Å². The number of hydrogen-bond acceptors (Lipinski definition) is 0. The molecular formula is C25H14F5N. The minimum absolute atomic E-state index is 0.170. The van der Waals surface area contributed by atoms with Crippen LogP contribution in [0.5, 0.6) is 0 Å². The summed E-state index contributed by atoms with van der Waals surface area (Å²) < 4.78 is 73.2. The molecule has 6 heteroatoms.